The van der Waals surface area contributed by atoms with E-state index in [0.717, 1.165) is 12.1 Å². The lowest BCUT2D eigenvalue weighted by Gasteiger charge is -2.12. The lowest BCUT2D eigenvalue weighted by atomic mass is 9.97. The van der Waals surface area contributed by atoms with Crippen molar-refractivity contribution in [2.75, 3.05) is 5.73 Å². The van der Waals surface area contributed by atoms with Crippen LogP contribution in [-0.2, 0) is 6.18 Å². The van der Waals surface area contributed by atoms with Crippen LogP contribution in [0.15, 0.2) is 22.7 Å². The van der Waals surface area contributed by atoms with Crippen molar-refractivity contribution in [2.24, 2.45) is 0 Å². The van der Waals surface area contributed by atoms with E-state index in [4.69, 9.17) is 5.73 Å². The molecule has 0 amide bonds. The monoisotopic (exact) mass is 347 g/mol. The SMILES string of the molecule is CC(C)c1c(N)n[nH]c1-c1cc(C(F)(F)F)ccc1Br. The van der Waals surface area contributed by atoms with Crippen molar-refractivity contribution < 1.29 is 13.2 Å². The predicted molar refractivity (Wildman–Crippen MR) is 75.2 cm³/mol. The first kappa shape index (κ1) is 14.9. The van der Waals surface area contributed by atoms with Gasteiger partial charge in [0.25, 0.3) is 0 Å². The van der Waals surface area contributed by atoms with Crippen molar-refractivity contribution in [3.8, 4) is 11.3 Å². The van der Waals surface area contributed by atoms with Gasteiger partial charge in [-0.2, -0.15) is 18.3 Å². The van der Waals surface area contributed by atoms with Gasteiger partial charge < -0.3 is 5.73 Å². The number of anilines is 1. The number of hydrogen-bond donors (Lipinski definition) is 2. The second-order valence-corrected chi connectivity index (χ2v) is 5.60. The molecule has 1 aromatic heterocycles. The van der Waals surface area contributed by atoms with Crippen LogP contribution >= 0.6 is 15.9 Å². The van der Waals surface area contributed by atoms with Crippen LogP contribution in [0.25, 0.3) is 11.3 Å². The Morgan fingerprint density at radius 2 is 1.95 bits per heavy atom. The fourth-order valence-corrected chi connectivity index (χ4v) is 2.49. The molecule has 0 atom stereocenters. The van der Waals surface area contributed by atoms with Gasteiger partial charge in [0.15, 0.2) is 0 Å². The highest BCUT2D eigenvalue weighted by atomic mass is 79.9. The smallest absolute Gasteiger partial charge is 0.382 e. The maximum absolute atomic E-state index is 12.8. The fraction of sp³-hybridized carbons (Fsp3) is 0.308. The molecule has 0 aliphatic carbocycles. The summed E-state index contributed by atoms with van der Waals surface area (Å²) in [7, 11) is 0. The van der Waals surface area contributed by atoms with Crippen LogP contribution in [-0.4, -0.2) is 10.2 Å². The van der Waals surface area contributed by atoms with Gasteiger partial charge in [0, 0.05) is 15.6 Å². The number of alkyl halides is 3. The van der Waals surface area contributed by atoms with Gasteiger partial charge in [0.05, 0.1) is 11.3 Å². The predicted octanol–water partition coefficient (Wildman–Crippen LogP) is 4.56. The first-order valence-electron chi connectivity index (χ1n) is 5.92. The van der Waals surface area contributed by atoms with Gasteiger partial charge in [-0.15, -0.1) is 0 Å². The molecule has 2 aromatic rings. The first-order valence-corrected chi connectivity index (χ1v) is 6.72. The molecule has 0 radical (unpaired) electrons. The van der Waals surface area contributed by atoms with Gasteiger partial charge in [0.1, 0.15) is 5.82 Å². The van der Waals surface area contributed by atoms with Crippen LogP contribution in [0, 0.1) is 0 Å². The van der Waals surface area contributed by atoms with E-state index in [9.17, 15) is 13.2 Å². The molecule has 0 fully saturated rings. The van der Waals surface area contributed by atoms with E-state index in [1.807, 2.05) is 13.8 Å². The Bertz CT molecular complexity index is 632. The van der Waals surface area contributed by atoms with Crippen LogP contribution in [0.1, 0.15) is 30.9 Å². The lowest BCUT2D eigenvalue weighted by molar-refractivity contribution is -0.137. The second kappa shape index (κ2) is 5.12. The number of halogens is 4. The standard InChI is InChI=1S/C13H13BrF3N3/c1-6(2)10-11(19-20-12(10)18)8-5-7(13(15,16)17)3-4-9(8)14/h3-6H,1-2H3,(H3,18,19,20). The van der Waals surface area contributed by atoms with Crippen LogP contribution in [0.5, 0.6) is 0 Å². The summed E-state index contributed by atoms with van der Waals surface area (Å²) in [5, 5.41) is 6.62. The maximum atomic E-state index is 12.8. The average molecular weight is 348 g/mol. The van der Waals surface area contributed by atoms with Crippen molar-refractivity contribution in [3.05, 3.63) is 33.8 Å². The Kier molecular flexibility index (Phi) is 3.82. The Hall–Kier alpha value is -1.50. The minimum atomic E-state index is -4.39. The molecule has 1 heterocycles. The molecule has 1 aromatic carbocycles. The molecule has 0 bridgehead atoms. The molecule has 7 heteroatoms. The number of benzene rings is 1. The molecule has 0 spiro atoms. The summed E-state index contributed by atoms with van der Waals surface area (Å²) in [6, 6.07) is 3.49. The summed E-state index contributed by atoms with van der Waals surface area (Å²) in [6.45, 7) is 3.82. The normalized spacial score (nSPS) is 12.2. The van der Waals surface area contributed by atoms with E-state index in [2.05, 4.69) is 26.1 Å². The summed E-state index contributed by atoms with van der Waals surface area (Å²) in [5.74, 6) is 0.351. The zero-order valence-electron chi connectivity index (χ0n) is 10.8. The van der Waals surface area contributed by atoms with Crippen molar-refractivity contribution in [2.45, 2.75) is 25.9 Å². The van der Waals surface area contributed by atoms with E-state index in [0.29, 0.717) is 27.1 Å². The third-order valence-corrected chi connectivity index (χ3v) is 3.67. The molecular weight excluding hydrogens is 335 g/mol. The molecule has 2 rings (SSSR count). The number of aromatic nitrogens is 2. The van der Waals surface area contributed by atoms with Crippen LogP contribution in [0.4, 0.5) is 19.0 Å². The highest BCUT2D eigenvalue weighted by molar-refractivity contribution is 9.10. The van der Waals surface area contributed by atoms with Gasteiger partial charge in [-0.3, -0.25) is 5.10 Å². The number of nitrogens with two attached hydrogens (primary N) is 1. The second-order valence-electron chi connectivity index (χ2n) is 4.74. The number of nitrogen functional groups attached to an aromatic ring is 1. The molecule has 3 N–H and O–H groups in total. The molecular formula is C13H13BrF3N3. The zero-order chi connectivity index (χ0) is 15.1. The largest absolute Gasteiger partial charge is 0.416 e. The quantitative estimate of drug-likeness (QED) is 0.836. The van der Waals surface area contributed by atoms with Crippen LogP contribution in [0.2, 0.25) is 0 Å². The Morgan fingerprint density at radius 3 is 2.50 bits per heavy atom. The Morgan fingerprint density at radius 1 is 1.30 bits per heavy atom. The van der Waals surface area contributed by atoms with Gasteiger partial charge >= 0.3 is 6.18 Å². The molecule has 20 heavy (non-hydrogen) atoms. The average Bonchev–Trinajstić information content (AvgIpc) is 2.70. The molecule has 3 nitrogen and oxygen atoms in total. The topological polar surface area (TPSA) is 54.7 Å². The summed E-state index contributed by atoms with van der Waals surface area (Å²) >= 11 is 3.27. The molecule has 0 saturated heterocycles. The zero-order valence-corrected chi connectivity index (χ0v) is 12.4. The molecule has 0 saturated carbocycles. The van der Waals surface area contributed by atoms with E-state index in [1.54, 1.807) is 0 Å². The molecule has 0 unspecified atom stereocenters. The number of H-pyrrole nitrogens is 1. The van der Waals surface area contributed by atoms with Gasteiger partial charge in [0.2, 0.25) is 0 Å². The van der Waals surface area contributed by atoms with Crippen LogP contribution < -0.4 is 5.73 Å². The summed E-state index contributed by atoms with van der Waals surface area (Å²) < 4.78 is 39.0. The van der Waals surface area contributed by atoms with Crippen molar-refractivity contribution in [3.63, 3.8) is 0 Å². The minimum Gasteiger partial charge on any atom is -0.382 e. The van der Waals surface area contributed by atoms with Gasteiger partial charge in [-0.1, -0.05) is 29.8 Å². The van der Waals surface area contributed by atoms with Crippen molar-refractivity contribution >= 4 is 21.7 Å². The van der Waals surface area contributed by atoms with Crippen LogP contribution in [0.3, 0.4) is 0 Å². The lowest BCUT2D eigenvalue weighted by Crippen LogP contribution is -2.05. The molecule has 0 aliphatic heterocycles. The highest BCUT2D eigenvalue weighted by Crippen LogP contribution is 2.39. The number of nitrogens with zero attached hydrogens (tertiary/aromatic N) is 1. The number of rotatable bonds is 2. The highest BCUT2D eigenvalue weighted by Gasteiger charge is 2.31. The Balaban J connectivity index is 2.64. The summed E-state index contributed by atoms with van der Waals surface area (Å²) in [6.07, 6.45) is -4.39. The van der Waals surface area contributed by atoms with E-state index >= 15 is 0 Å². The fourth-order valence-electron chi connectivity index (χ4n) is 2.05. The van der Waals surface area contributed by atoms with E-state index < -0.39 is 11.7 Å². The summed E-state index contributed by atoms with van der Waals surface area (Å²) in [5.41, 5.74) is 6.68. The van der Waals surface area contributed by atoms with E-state index in [1.165, 1.54) is 6.07 Å². The maximum Gasteiger partial charge on any atom is 0.416 e. The number of hydrogen-bond acceptors (Lipinski definition) is 2. The summed E-state index contributed by atoms with van der Waals surface area (Å²) in [4.78, 5) is 0. The number of nitrogens with one attached hydrogen (secondary N) is 1. The van der Waals surface area contributed by atoms with Crippen molar-refractivity contribution in [1.29, 1.82) is 0 Å². The van der Waals surface area contributed by atoms with Crippen molar-refractivity contribution in [1.82, 2.24) is 10.2 Å². The third kappa shape index (κ3) is 2.67. The molecule has 108 valence electrons. The minimum absolute atomic E-state index is 0.0465. The Labute approximate surface area is 122 Å². The van der Waals surface area contributed by atoms with Gasteiger partial charge in [-0.05, 0) is 24.1 Å². The molecule has 0 aliphatic rings. The van der Waals surface area contributed by atoms with E-state index in [-0.39, 0.29) is 5.92 Å². The third-order valence-electron chi connectivity index (χ3n) is 2.97. The first-order chi connectivity index (χ1) is 9.21. The number of aromatic amines is 1. The van der Waals surface area contributed by atoms with Gasteiger partial charge in [-0.25, -0.2) is 0 Å².